The smallest absolute Gasteiger partial charge is 0.167 e. The normalized spacial score (nSPS) is 16.4. The molecule has 2 rings (SSSR count). The van der Waals surface area contributed by atoms with Crippen LogP contribution in [0.1, 0.15) is 43.5 Å². The van der Waals surface area contributed by atoms with Crippen molar-refractivity contribution in [2.45, 2.75) is 33.1 Å². The summed E-state index contributed by atoms with van der Waals surface area (Å²) < 4.78 is 0. The molecule has 110 valence electrons. The number of likely N-dealkylation sites (tertiary alicyclic amines) is 1. The maximum absolute atomic E-state index is 12.2. The van der Waals surface area contributed by atoms with Crippen LogP contribution in [0.4, 0.5) is 5.69 Å². The van der Waals surface area contributed by atoms with E-state index in [1.807, 2.05) is 38.1 Å². The third-order valence-corrected chi connectivity index (χ3v) is 3.91. The standard InChI is InChI=1S/C17H26N2O/c1-14(2)17(20)15-8-4-5-9-16(15)18-10-13-19-11-6-3-7-12-19/h4-5,8-9,14,18H,3,6-7,10-13H2,1-2H3. The van der Waals surface area contributed by atoms with Gasteiger partial charge in [0.2, 0.25) is 0 Å². The molecule has 1 aliphatic heterocycles. The van der Waals surface area contributed by atoms with Gasteiger partial charge in [-0.1, -0.05) is 32.4 Å². The minimum absolute atomic E-state index is 0.0417. The summed E-state index contributed by atoms with van der Waals surface area (Å²) >= 11 is 0. The Hall–Kier alpha value is -1.35. The molecule has 0 unspecified atom stereocenters. The second-order valence-corrected chi connectivity index (χ2v) is 5.89. The maximum Gasteiger partial charge on any atom is 0.167 e. The number of anilines is 1. The van der Waals surface area contributed by atoms with Crippen molar-refractivity contribution in [1.29, 1.82) is 0 Å². The number of rotatable bonds is 6. The highest BCUT2D eigenvalue weighted by molar-refractivity contribution is 6.02. The second-order valence-electron chi connectivity index (χ2n) is 5.89. The molecule has 3 nitrogen and oxygen atoms in total. The van der Waals surface area contributed by atoms with Crippen LogP contribution in [-0.2, 0) is 0 Å². The van der Waals surface area contributed by atoms with Crippen molar-refractivity contribution < 1.29 is 4.79 Å². The zero-order valence-corrected chi connectivity index (χ0v) is 12.7. The van der Waals surface area contributed by atoms with E-state index in [-0.39, 0.29) is 11.7 Å². The molecule has 1 aliphatic rings. The predicted octanol–water partition coefficient (Wildman–Crippen LogP) is 3.42. The SMILES string of the molecule is CC(C)C(=O)c1ccccc1NCCN1CCCCC1. The maximum atomic E-state index is 12.2. The summed E-state index contributed by atoms with van der Waals surface area (Å²) in [6.45, 7) is 8.30. The van der Waals surface area contributed by atoms with Crippen LogP contribution in [0.15, 0.2) is 24.3 Å². The van der Waals surface area contributed by atoms with E-state index >= 15 is 0 Å². The molecule has 1 aromatic rings. The minimum atomic E-state index is 0.0417. The van der Waals surface area contributed by atoms with E-state index in [4.69, 9.17) is 0 Å². The van der Waals surface area contributed by atoms with Gasteiger partial charge in [0.15, 0.2) is 5.78 Å². The monoisotopic (exact) mass is 274 g/mol. The Morgan fingerprint density at radius 3 is 2.60 bits per heavy atom. The average molecular weight is 274 g/mol. The fourth-order valence-electron chi connectivity index (χ4n) is 2.69. The first-order chi connectivity index (χ1) is 9.68. The highest BCUT2D eigenvalue weighted by Crippen LogP contribution is 2.19. The Morgan fingerprint density at radius 2 is 1.90 bits per heavy atom. The number of benzene rings is 1. The number of ketones is 1. The van der Waals surface area contributed by atoms with E-state index in [1.165, 1.54) is 32.4 Å². The predicted molar refractivity (Wildman–Crippen MR) is 84.4 cm³/mol. The highest BCUT2D eigenvalue weighted by Gasteiger charge is 2.14. The van der Waals surface area contributed by atoms with Gasteiger partial charge in [0.1, 0.15) is 0 Å². The van der Waals surface area contributed by atoms with Crippen LogP contribution >= 0.6 is 0 Å². The third kappa shape index (κ3) is 4.07. The van der Waals surface area contributed by atoms with Crippen LogP contribution in [-0.4, -0.2) is 36.9 Å². The van der Waals surface area contributed by atoms with Crippen LogP contribution in [0.2, 0.25) is 0 Å². The zero-order chi connectivity index (χ0) is 14.4. The quantitative estimate of drug-likeness (QED) is 0.807. The topological polar surface area (TPSA) is 32.3 Å². The summed E-state index contributed by atoms with van der Waals surface area (Å²) in [7, 11) is 0. The zero-order valence-electron chi connectivity index (χ0n) is 12.7. The first-order valence-electron chi connectivity index (χ1n) is 7.78. The van der Waals surface area contributed by atoms with Crippen molar-refractivity contribution in [3.8, 4) is 0 Å². The summed E-state index contributed by atoms with van der Waals surface area (Å²) in [5.41, 5.74) is 1.80. The Balaban J connectivity index is 1.90. The summed E-state index contributed by atoms with van der Waals surface area (Å²) in [6, 6.07) is 7.85. The second kappa shape index (κ2) is 7.44. The van der Waals surface area contributed by atoms with Gasteiger partial charge in [-0.3, -0.25) is 4.79 Å². The molecule has 0 aromatic heterocycles. The van der Waals surface area contributed by atoms with Crippen molar-refractivity contribution >= 4 is 11.5 Å². The van der Waals surface area contributed by atoms with E-state index in [0.717, 1.165) is 24.3 Å². The number of nitrogens with one attached hydrogen (secondary N) is 1. The van der Waals surface area contributed by atoms with Crippen molar-refractivity contribution in [1.82, 2.24) is 4.90 Å². The molecule has 0 atom stereocenters. The highest BCUT2D eigenvalue weighted by atomic mass is 16.1. The Bertz CT molecular complexity index is 436. The third-order valence-electron chi connectivity index (χ3n) is 3.91. The molecule has 0 amide bonds. The summed E-state index contributed by atoms with van der Waals surface area (Å²) in [4.78, 5) is 14.7. The molecule has 0 radical (unpaired) electrons. The molecule has 1 fully saturated rings. The van der Waals surface area contributed by atoms with Gasteiger partial charge in [0, 0.05) is 30.3 Å². The molecule has 1 saturated heterocycles. The van der Waals surface area contributed by atoms with E-state index in [1.54, 1.807) is 0 Å². The molecule has 0 aliphatic carbocycles. The van der Waals surface area contributed by atoms with Crippen molar-refractivity contribution in [2.24, 2.45) is 5.92 Å². The van der Waals surface area contributed by atoms with Crippen LogP contribution < -0.4 is 5.32 Å². The van der Waals surface area contributed by atoms with Gasteiger partial charge in [-0.15, -0.1) is 0 Å². The lowest BCUT2D eigenvalue weighted by atomic mass is 9.99. The molecule has 20 heavy (non-hydrogen) atoms. The lowest BCUT2D eigenvalue weighted by Crippen LogP contribution is -2.33. The Morgan fingerprint density at radius 1 is 1.20 bits per heavy atom. The van der Waals surface area contributed by atoms with Gasteiger partial charge >= 0.3 is 0 Å². The number of piperidine rings is 1. The molecule has 0 bridgehead atoms. The lowest BCUT2D eigenvalue weighted by Gasteiger charge is -2.26. The fraction of sp³-hybridized carbons (Fsp3) is 0.588. The average Bonchev–Trinajstić information content (AvgIpc) is 2.48. The first-order valence-corrected chi connectivity index (χ1v) is 7.78. The van der Waals surface area contributed by atoms with Crippen molar-refractivity contribution in [2.75, 3.05) is 31.5 Å². The van der Waals surface area contributed by atoms with E-state index < -0.39 is 0 Å². The minimum Gasteiger partial charge on any atom is -0.383 e. The molecule has 3 heteroatoms. The van der Waals surface area contributed by atoms with Crippen LogP contribution in [0, 0.1) is 5.92 Å². The van der Waals surface area contributed by atoms with Crippen LogP contribution in [0.5, 0.6) is 0 Å². The van der Waals surface area contributed by atoms with Gasteiger partial charge in [0.25, 0.3) is 0 Å². The van der Waals surface area contributed by atoms with Gasteiger partial charge in [-0.2, -0.15) is 0 Å². The number of para-hydroxylation sites is 1. The molecular formula is C17H26N2O. The fourth-order valence-corrected chi connectivity index (χ4v) is 2.69. The van der Waals surface area contributed by atoms with Gasteiger partial charge < -0.3 is 10.2 Å². The molecule has 1 heterocycles. The van der Waals surface area contributed by atoms with Gasteiger partial charge in [-0.05, 0) is 38.1 Å². The van der Waals surface area contributed by atoms with E-state index in [0.29, 0.717) is 0 Å². The van der Waals surface area contributed by atoms with E-state index in [2.05, 4.69) is 10.2 Å². The summed E-state index contributed by atoms with van der Waals surface area (Å²) in [5, 5.41) is 3.43. The number of hydrogen-bond donors (Lipinski definition) is 1. The first kappa shape index (κ1) is 15.0. The van der Waals surface area contributed by atoms with Crippen molar-refractivity contribution in [3.05, 3.63) is 29.8 Å². The van der Waals surface area contributed by atoms with Crippen LogP contribution in [0.3, 0.4) is 0 Å². The molecule has 1 aromatic carbocycles. The number of hydrogen-bond acceptors (Lipinski definition) is 3. The number of nitrogens with zero attached hydrogens (tertiary/aromatic N) is 1. The van der Waals surface area contributed by atoms with Gasteiger partial charge in [0.05, 0.1) is 0 Å². The largest absolute Gasteiger partial charge is 0.383 e. The van der Waals surface area contributed by atoms with Crippen molar-refractivity contribution in [3.63, 3.8) is 0 Å². The molecule has 0 spiro atoms. The van der Waals surface area contributed by atoms with Gasteiger partial charge in [-0.25, -0.2) is 0 Å². The van der Waals surface area contributed by atoms with E-state index in [9.17, 15) is 4.79 Å². The summed E-state index contributed by atoms with van der Waals surface area (Å²) in [5.74, 6) is 0.256. The molecule has 0 saturated carbocycles. The summed E-state index contributed by atoms with van der Waals surface area (Å²) in [6.07, 6.45) is 4.01. The number of carbonyl (C=O) groups is 1. The number of Topliss-reactive ketones (excluding diaryl/α,β-unsaturated/α-hetero) is 1. The Labute approximate surface area is 122 Å². The molecular weight excluding hydrogens is 248 g/mol. The lowest BCUT2D eigenvalue weighted by molar-refractivity contribution is 0.0940. The Kier molecular flexibility index (Phi) is 5.60. The van der Waals surface area contributed by atoms with Crippen LogP contribution in [0.25, 0.3) is 0 Å². The number of carbonyl (C=O) groups excluding carboxylic acids is 1. The molecule has 1 N–H and O–H groups in total.